The number of allylic oxidation sites excluding steroid dienone is 1. The van der Waals surface area contributed by atoms with Gasteiger partial charge in [-0.25, -0.2) is 4.68 Å². The number of nitrogens with zero attached hydrogens (tertiary/aromatic N) is 3. The van der Waals surface area contributed by atoms with Crippen LogP contribution in [0.4, 0.5) is 0 Å². The third kappa shape index (κ3) is 5.78. The number of ether oxygens (including phenoxy) is 3. The minimum absolute atomic E-state index is 0.0421. The van der Waals surface area contributed by atoms with Crippen molar-refractivity contribution >= 4 is 11.9 Å². The number of aromatic nitrogens is 3. The zero-order chi connectivity index (χ0) is 25.7. The van der Waals surface area contributed by atoms with Crippen molar-refractivity contribution < 1.29 is 39.4 Å². The third-order valence-corrected chi connectivity index (χ3v) is 5.73. The van der Waals surface area contributed by atoms with Crippen LogP contribution >= 0.6 is 0 Å². The van der Waals surface area contributed by atoms with Crippen molar-refractivity contribution in [2.24, 2.45) is 0 Å². The van der Waals surface area contributed by atoms with Gasteiger partial charge in [-0.2, -0.15) is 0 Å². The predicted molar refractivity (Wildman–Crippen MR) is 126 cm³/mol. The molecular formula is C25H27N3O8. The molecule has 190 valence electrons. The van der Waals surface area contributed by atoms with Crippen molar-refractivity contribution in [2.75, 3.05) is 13.7 Å². The number of aliphatic hydroxyl groups excluding tert-OH is 4. The second-order valence-electron chi connectivity index (χ2n) is 8.20. The van der Waals surface area contributed by atoms with E-state index in [1.165, 1.54) is 17.0 Å². The summed E-state index contributed by atoms with van der Waals surface area (Å²) in [6.45, 7) is -0.498. The zero-order valence-electron chi connectivity index (χ0n) is 19.4. The molecule has 1 aliphatic heterocycles. The van der Waals surface area contributed by atoms with Crippen LogP contribution in [-0.4, -0.2) is 79.3 Å². The minimum Gasteiger partial charge on any atom is -0.497 e. The largest absolute Gasteiger partial charge is 0.497 e. The number of rotatable bonds is 9. The van der Waals surface area contributed by atoms with Crippen molar-refractivity contribution in [1.29, 1.82) is 0 Å². The summed E-state index contributed by atoms with van der Waals surface area (Å²) in [5.41, 5.74) is 1.75. The lowest BCUT2D eigenvalue weighted by Gasteiger charge is -2.39. The topological polar surface area (TPSA) is 156 Å². The average Bonchev–Trinajstić information content (AvgIpc) is 3.38. The van der Waals surface area contributed by atoms with Crippen molar-refractivity contribution in [3.63, 3.8) is 0 Å². The Kier molecular flexibility index (Phi) is 8.08. The first kappa shape index (κ1) is 25.5. The maximum absolute atomic E-state index is 12.5. The van der Waals surface area contributed by atoms with Crippen molar-refractivity contribution in [2.45, 2.75) is 37.3 Å². The van der Waals surface area contributed by atoms with E-state index in [1.807, 2.05) is 24.3 Å². The molecule has 0 saturated carbocycles. The van der Waals surface area contributed by atoms with Gasteiger partial charge in [0.15, 0.2) is 12.0 Å². The summed E-state index contributed by atoms with van der Waals surface area (Å²) in [5, 5.41) is 47.3. The number of carbonyl (C=O) groups is 1. The van der Waals surface area contributed by atoms with Gasteiger partial charge in [0.05, 0.1) is 19.9 Å². The highest BCUT2D eigenvalue weighted by atomic mass is 16.6. The molecule has 1 aliphatic rings. The number of hydrogen-bond donors (Lipinski definition) is 4. The van der Waals surface area contributed by atoms with Crippen LogP contribution in [0.2, 0.25) is 0 Å². The molecule has 11 heteroatoms. The summed E-state index contributed by atoms with van der Waals surface area (Å²) in [6.07, 6.45) is -1.97. The summed E-state index contributed by atoms with van der Waals surface area (Å²) >= 11 is 0. The number of aliphatic hydroxyl groups is 4. The van der Waals surface area contributed by atoms with E-state index in [4.69, 9.17) is 14.2 Å². The Morgan fingerprint density at radius 3 is 2.58 bits per heavy atom. The maximum Gasteiger partial charge on any atom is 0.185 e. The van der Waals surface area contributed by atoms with E-state index in [1.54, 1.807) is 37.5 Å². The SMILES string of the molecule is COc1cccc(/C=C/C(=O)c2ccc(OCc3cn([C@@H]4O[C@H](CO)[C@@H](O)[C@H](O)[C@H]4O)nn3)cc2)c1. The van der Waals surface area contributed by atoms with E-state index in [0.717, 1.165) is 5.56 Å². The van der Waals surface area contributed by atoms with E-state index < -0.39 is 37.3 Å². The molecule has 0 amide bonds. The first-order valence-corrected chi connectivity index (χ1v) is 11.2. The Hall–Kier alpha value is -3.61. The standard InChI is InChI=1S/C25H27N3O8/c1-34-19-4-2-3-15(11-19)5-10-20(30)16-6-8-18(9-7-16)35-14-17-12-28(27-26-17)25-24(33)23(32)22(31)21(13-29)36-25/h2-12,21-25,29,31-33H,13-14H2,1H3/b10-5+/t21-,22-,23+,24-,25-/m1/s1. The van der Waals surface area contributed by atoms with Crippen molar-refractivity contribution in [3.8, 4) is 11.5 Å². The van der Waals surface area contributed by atoms with Gasteiger partial charge in [-0.15, -0.1) is 5.10 Å². The number of ketones is 1. The molecule has 36 heavy (non-hydrogen) atoms. The molecule has 1 saturated heterocycles. The van der Waals surface area contributed by atoms with Crippen LogP contribution in [-0.2, 0) is 11.3 Å². The summed E-state index contributed by atoms with van der Waals surface area (Å²) in [5.74, 6) is 1.05. The van der Waals surface area contributed by atoms with E-state index in [2.05, 4.69) is 10.3 Å². The van der Waals surface area contributed by atoms with Crippen LogP contribution in [0.3, 0.4) is 0 Å². The Morgan fingerprint density at radius 2 is 1.86 bits per heavy atom. The van der Waals surface area contributed by atoms with Gasteiger partial charge < -0.3 is 34.6 Å². The van der Waals surface area contributed by atoms with E-state index in [-0.39, 0.29) is 12.4 Å². The Balaban J connectivity index is 1.33. The lowest BCUT2D eigenvalue weighted by atomic mass is 9.98. The van der Waals surface area contributed by atoms with Gasteiger partial charge in [0.2, 0.25) is 0 Å². The number of hydrogen-bond acceptors (Lipinski definition) is 10. The van der Waals surface area contributed by atoms with Gasteiger partial charge in [-0.05, 0) is 48.0 Å². The van der Waals surface area contributed by atoms with Crippen molar-refractivity contribution in [1.82, 2.24) is 15.0 Å². The molecule has 1 fully saturated rings. The van der Waals surface area contributed by atoms with Gasteiger partial charge in [0, 0.05) is 5.56 Å². The highest BCUT2D eigenvalue weighted by molar-refractivity contribution is 6.06. The first-order chi connectivity index (χ1) is 17.4. The second-order valence-corrected chi connectivity index (χ2v) is 8.20. The van der Waals surface area contributed by atoms with Crippen LogP contribution in [0, 0.1) is 0 Å². The molecule has 5 atom stereocenters. The lowest BCUT2D eigenvalue weighted by molar-refractivity contribution is -0.254. The summed E-state index contributed by atoms with van der Waals surface area (Å²) in [4.78, 5) is 12.5. The summed E-state index contributed by atoms with van der Waals surface area (Å²) < 4.78 is 17.5. The fraction of sp³-hybridized carbons (Fsp3) is 0.320. The van der Waals surface area contributed by atoms with Crippen LogP contribution in [0.25, 0.3) is 6.08 Å². The highest BCUT2D eigenvalue weighted by Gasteiger charge is 2.44. The molecule has 3 aromatic rings. The van der Waals surface area contributed by atoms with E-state index >= 15 is 0 Å². The van der Waals surface area contributed by atoms with Gasteiger partial charge in [-0.1, -0.05) is 23.4 Å². The van der Waals surface area contributed by atoms with Gasteiger partial charge >= 0.3 is 0 Å². The quantitative estimate of drug-likeness (QED) is 0.246. The molecular weight excluding hydrogens is 470 g/mol. The molecule has 1 aromatic heterocycles. The highest BCUT2D eigenvalue weighted by Crippen LogP contribution is 2.28. The fourth-order valence-electron chi connectivity index (χ4n) is 3.69. The Morgan fingerprint density at radius 1 is 1.08 bits per heavy atom. The molecule has 0 bridgehead atoms. The molecule has 0 unspecified atom stereocenters. The molecule has 0 aliphatic carbocycles. The molecule has 11 nitrogen and oxygen atoms in total. The molecule has 0 spiro atoms. The zero-order valence-corrected chi connectivity index (χ0v) is 19.4. The normalized spacial score (nSPS) is 24.1. The molecule has 0 radical (unpaired) electrons. The van der Waals surface area contributed by atoms with Gasteiger partial charge in [0.1, 0.15) is 48.2 Å². The van der Waals surface area contributed by atoms with Crippen molar-refractivity contribution in [3.05, 3.63) is 77.6 Å². The maximum atomic E-state index is 12.5. The Bertz CT molecular complexity index is 1190. The van der Waals surface area contributed by atoms with E-state index in [9.17, 15) is 25.2 Å². The summed E-state index contributed by atoms with van der Waals surface area (Å²) in [7, 11) is 1.58. The minimum atomic E-state index is -1.52. The first-order valence-electron chi connectivity index (χ1n) is 11.2. The molecule has 2 heterocycles. The molecule has 2 aromatic carbocycles. The second kappa shape index (κ2) is 11.4. The smallest absolute Gasteiger partial charge is 0.185 e. The fourth-order valence-corrected chi connectivity index (χ4v) is 3.69. The lowest BCUT2D eigenvalue weighted by Crippen LogP contribution is -2.56. The van der Waals surface area contributed by atoms with Crippen LogP contribution in [0.15, 0.2) is 60.8 Å². The number of benzene rings is 2. The average molecular weight is 498 g/mol. The summed E-state index contributed by atoms with van der Waals surface area (Å²) in [6, 6.07) is 14.0. The van der Waals surface area contributed by atoms with Crippen LogP contribution in [0.1, 0.15) is 27.8 Å². The molecule has 4 N–H and O–H groups in total. The molecule has 4 rings (SSSR count). The van der Waals surface area contributed by atoms with E-state index in [0.29, 0.717) is 22.8 Å². The van der Waals surface area contributed by atoms with Crippen LogP contribution in [0.5, 0.6) is 11.5 Å². The van der Waals surface area contributed by atoms with Gasteiger partial charge in [-0.3, -0.25) is 4.79 Å². The number of methoxy groups -OCH3 is 1. The predicted octanol–water partition coefficient (Wildman–Crippen LogP) is 0.734. The third-order valence-electron chi connectivity index (χ3n) is 5.73. The number of carbonyl (C=O) groups excluding carboxylic acids is 1. The van der Waals surface area contributed by atoms with Crippen LogP contribution < -0.4 is 9.47 Å². The van der Waals surface area contributed by atoms with Gasteiger partial charge in [0.25, 0.3) is 0 Å². The monoisotopic (exact) mass is 497 g/mol. The Labute approximate surface area is 206 Å².